The molecule has 2 aromatic rings. The van der Waals surface area contributed by atoms with E-state index in [0.717, 1.165) is 62.7 Å². The average molecular weight is 461 g/mol. The zero-order valence-corrected chi connectivity index (χ0v) is 18.9. The molecule has 5 nitrogen and oxygen atoms in total. The van der Waals surface area contributed by atoms with Crippen molar-refractivity contribution in [3.8, 4) is 11.5 Å². The van der Waals surface area contributed by atoms with E-state index in [0.29, 0.717) is 18.9 Å². The van der Waals surface area contributed by atoms with Crippen LogP contribution >= 0.6 is 24.8 Å². The van der Waals surface area contributed by atoms with Crippen LogP contribution in [0.2, 0.25) is 0 Å². The quantitative estimate of drug-likeness (QED) is 0.541. The third-order valence-electron chi connectivity index (χ3n) is 4.82. The molecule has 0 aliphatic carbocycles. The highest BCUT2D eigenvalue weighted by atomic mass is 35.5. The highest BCUT2D eigenvalue weighted by Gasteiger charge is 2.12. The van der Waals surface area contributed by atoms with Gasteiger partial charge < -0.3 is 19.5 Å². The van der Waals surface area contributed by atoms with Gasteiger partial charge in [0.1, 0.15) is 12.4 Å². The second kappa shape index (κ2) is 14.4. The first-order valence-electron chi connectivity index (χ1n) is 9.80. The van der Waals surface area contributed by atoms with Crippen molar-refractivity contribution >= 4 is 24.8 Å². The maximum atomic E-state index is 13.1. The lowest BCUT2D eigenvalue weighted by molar-refractivity contribution is 0.0374. The summed E-state index contributed by atoms with van der Waals surface area (Å²) in [5.74, 6) is 1.19. The number of nitrogens with zero attached hydrogens (tertiary/aromatic N) is 1. The molecular formula is C22H31Cl2FN2O3. The Morgan fingerprint density at radius 3 is 2.50 bits per heavy atom. The number of para-hydroxylation sites is 1. The van der Waals surface area contributed by atoms with Gasteiger partial charge in [0.15, 0.2) is 11.5 Å². The predicted octanol–water partition coefficient (Wildman–Crippen LogP) is 4.07. The number of hydrogen-bond acceptors (Lipinski definition) is 5. The molecule has 8 heteroatoms. The number of benzene rings is 2. The van der Waals surface area contributed by atoms with Gasteiger partial charge >= 0.3 is 0 Å². The predicted molar refractivity (Wildman–Crippen MR) is 122 cm³/mol. The number of morpholine rings is 1. The minimum absolute atomic E-state index is 0. The summed E-state index contributed by atoms with van der Waals surface area (Å²) in [6, 6.07) is 12.2. The molecule has 0 aromatic heterocycles. The van der Waals surface area contributed by atoms with Gasteiger partial charge in [0, 0.05) is 25.2 Å². The number of halogens is 3. The number of methoxy groups -OCH3 is 1. The Labute approximate surface area is 190 Å². The minimum Gasteiger partial charge on any atom is -0.493 e. The molecule has 0 unspecified atom stereocenters. The summed E-state index contributed by atoms with van der Waals surface area (Å²) in [5.41, 5.74) is 1.96. The van der Waals surface area contributed by atoms with Gasteiger partial charge in [-0.05, 0) is 43.3 Å². The molecule has 1 fully saturated rings. The van der Waals surface area contributed by atoms with Gasteiger partial charge in [0.05, 0.1) is 20.3 Å². The van der Waals surface area contributed by atoms with Crippen molar-refractivity contribution in [2.45, 2.75) is 19.6 Å². The van der Waals surface area contributed by atoms with Crippen LogP contribution < -0.4 is 14.8 Å². The van der Waals surface area contributed by atoms with Crippen LogP contribution in [-0.4, -0.2) is 51.4 Å². The number of hydrogen-bond donors (Lipinski definition) is 1. The zero-order valence-electron chi connectivity index (χ0n) is 17.3. The van der Waals surface area contributed by atoms with E-state index in [-0.39, 0.29) is 30.6 Å². The second-order valence-electron chi connectivity index (χ2n) is 6.85. The molecule has 168 valence electrons. The first-order chi connectivity index (χ1) is 13.8. The Morgan fingerprint density at radius 2 is 1.80 bits per heavy atom. The van der Waals surface area contributed by atoms with Gasteiger partial charge in [-0.1, -0.05) is 24.3 Å². The molecule has 0 radical (unpaired) electrons. The van der Waals surface area contributed by atoms with Gasteiger partial charge in [0.25, 0.3) is 0 Å². The van der Waals surface area contributed by atoms with Crippen LogP contribution in [0, 0.1) is 5.82 Å². The Balaban J connectivity index is 0.00000225. The summed E-state index contributed by atoms with van der Waals surface area (Å²) in [5, 5.41) is 3.50. The maximum Gasteiger partial charge on any atom is 0.166 e. The van der Waals surface area contributed by atoms with E-state index in [1.807, 2.05) is 18.2 Å². The summed E-state index contributed by atoms with van der Waals surface area (Å²) in [6.45, 7) is 6.82. The maximum absolute atomic E-state index is 13.1. The summed E-state index contributed by atoms with van der Waals surface area (Å²) in [7, 11) is 1.64. The Hall–Kier alpha value is -1.57. The minimum atomic E-state index is -0.247. The first kappa shape index (κ1) is 26.5. The summed E-state index contributed by atoms with van der Waals surface area (Å²) >= 11 is 0. The zero-order chi connectivity index (χ0) is 19.6. The SMILES string of the molecule is COc1cccc(CNCCCN2CCOCC2)c1OCc1ccc(F)cc1.Cl.Cl. The molecule has 2 aromatic carbocycles. The number of ether oxygens (including phenoxy) is 3. The molecule has 1 heterocycles. The van der Waals surface area contributed by atoms with E-state index in [2.05, 4.69) is 10.2 Å². The van der Waals surface area contributed by atoms with E-state index < -0.39 is 0 Å². The molecule has 1 aliphatic rings. The van der Waals surface area contributed by atoms with E-state index in [1.165, 1.54) is 12.1 Å². The molecule has 0 spiro atoms. The molecule has 0 saturated carbocycles. The van der Waals surface area contributed by atoms with Gasteiger partial charge in [-0.25, -0.2) is 4.39 Å². The number of rotatable bonds is 10. The van der Waals surface area contributed by atoms with Gasteiger partial charge in [-0.2, -0.15) is 0 Å². The molecule has 0 atom stereocenters. The molecule has 1 N–H and O–H groups in total. The van der Waals surface area contributed by atoms with Crippen LogP contribution in [0.15, 0.2) is 42.5 Å². The Kier molecular flexibility index (Phi) is 12.7. The molecule has 1 saturated heterocycles. The molecule has 3 rings (SSSR count). The molecule has 0 amide bonds. The van der Waals surface area contributed by atoms with E-state index in [1.54, 1.807) is 19.2 Å². The lowest BCUT2D eigenvalue weighted by atomic mass is 10.1. The number of nitrogens with one attached hydrogen (secondary N) is 1. The molecule has 0 bridgehead atoms. The van der Waals surface area contributed by atoms with Crippen LogP contribution in [-0.2, 0) is 17.9 Å². The fourth-order valence-electron chi connectivity index (χ4n) is 3.24. The van der Waals surface area contributed by atoms with Crippen molar-refractivity contribution in [2.24, 2.45) is 0 Å². The van der Waals surface area contributed by atoms with Crippen molar-refractivity contribution < 1.29 is 18.6 Å². The van der Waals surface area contributed by atoms with Crippen molar-refractivity contribution in [2.75, 3.05) is 46.5 Å². The molecule has 30 heavy (non-hydrogen) atoms. The fraction of sp³-hybridized carbons (Fsp3) is 0.455. The monoisotopic (exact) mass is 460 g/mol. The second-order valence-corrected chi connectivity index (χ2v) is 6.85. The van der Waals surface area contributed by atoms with Crippen molar-refractivity contribution in [1.29, 1.82) is 0 Å². The highest BCUT2D eigenvalue weighted by Crippen LogP contribution is 2.31. The smallest absolute Gasteiger partial charge is 0.166 e. The van der Waals surface area contributed by atoms with E-state index in [4.69, 9.17) is 14.2 Å². The lowest BCUT2D eigenvalue weighted by Crippen LogP contribution is -2.37. The summed E-state index contributed by atoms with van der Waals surface area (Å²) < 4.78 is 30.0. The fourth-order valence-corrected chi connectivity index (χ4v) is 3.24. The topological polar surface area (TPSA) is 43.0 Å². The lowest BCUT2D eigenvalue weighted by Gasteiger charge is -2.26. The van der Waals surface area contributed by atoms with Crippen LogP contribution in [0.25, 0.3) is 0 Å². The normalized spacial score (nSPS) is 13.8. The van der Waals surface area contributed by atoms with Crippen LogP contribution in [0.4, 0.5) is 4.39 Å². The molecular weight excluding hydrogens is 430 g/mol. The van der Waals surface area contributed by atoms with Crippen molar-refractivity contribution in [3.63, 3.8) is 0 Å². The van der Waals surface area contributed by atoms with Crippen molar-refractivity contribution in [1.82, 2.24) is 10.2 Å². The van der Waals surface area contributed by atoms with E-state index in [9.17, 15) is 4.39 Å². The van der Waals surface area contributed by atoms with Gasteiger partial charge in [0.2, 0.25) is 0 Å². The van der Waals surface area contributed by atoms with Crippen LogP contribution in [0.1, 0.15) is 17.5 Å². The standard InChI is InChI=1S/C22H29FN2O3.2ClH/c1-26-21-5-2-4-19(16-24-10-3-11-25-12-14-27-15-13-25)22(21)28-17-18-6-8-20(23)9-7-18;;/h2,4-9,24H,3,10-17H2,1H3;2*1H. The van der Waals surface area contributed by atoms with Crippen molar-refractivity contribution in [3.05, 3.63) is 59.4 Å². The van der Waals surface area contributed by atoms with E-state index >= 15 is 0 Å². The largest absolute Gasteiger partial charge is 0.493 e. The van der Waals surface area contributed by atoms with Crippen LogP contribution in [0.5, 0.6) is 11.5 Å². The molecule has 1 aliphatic heterocycles. The Morgan fingerprint density at radius 1 is 1.07 bits per heavy atom. The van der Waals surface area contributed by atoms with Gasteiger partial charge in [-0.15, -0.1) is 24.8 Å². The third-order valence-corrected chi connectivity index (χ3v) is 4.82. The van der Waals surface area contributed by atoms with Crippen LogP contribution in [0.3, 0.4) is 0 Å². The highest BCUT2D eigenvalue weighted by molar-refractivity contribution is 5.85. The summed E-state index contributed by atoms with van der Waals surface area (Å²) in [6.07, 6.45) is 1.09. The summed E-state index contributed by atoms with van der Waals surface area (Å²) in [4.78, 5) is 2.44. The average Bonchev–Trinajstić information content (AvgIpc) is 2.74. The first-order valence-corrected chi connectivity index (χ1v) is 9.80. The Bertz CT molecular complexity index is 729. The third kappa shape index (κ3) is 8.28. The van der Waals surface area contributed by atoms with Gasteiger partial charge in [-0.3, -0.25) is 4.90 Å².